The maximum atomic E-state index is 11.7. The van der Waals surface area contributed by atoms with Crippen molar-refractivity contribution in [3.63, 3.8) is 0 Å². The second-order valence-electron chi connectivity index (χ2n) is 50.0. The van der Waals surface area contributed by atoms with Crippen LogP contribution in [0.2, 0.25) is 0 Å². The van der Waals surface area contributed by atoms with Crippen LogP contribution in [0.25, 0.3) is 0 Å². The van der Waals surface area contributed by atoms with E-state index in [4.69, 9.17) is 0 Å². The number of rotatable bonds is 121. The Kier molecular flexibility index (Phi) is 109. The van der Waals surface area contributed by atoms with Crippen LogP contribution >= 0.6 is 0 Å². The molecule has 1 aliphatic rings. The zero-order valence-electron chi connectivity index (χ0n) is 101. The van der Waals surface area contributed by atoms with E-state index in [0.29, 0.717) is 25.7 Å². The number of unbranched alkanes of at least 4 members (excludes halogenated alkanes) is 97. The molecule has 1 fully saturated rings. The highest BCUT2D eigenvalue weighted by molar-refractivity contribution is 5.67. The number of carbonyl (C=O) groups is 4. The Morgan fingerprint density at radius 2 is 0.226 bits per heavy atom. The summed E-state index contributed by atoms with van der Waals surface area (Å²) in [5.41, 5.74) is 0.924. The summed E-state index contributed by atoms with van der Waals surface area (Å²) in [5.74, 6) is -2.58. The molecule has 868 valence electrons. The van der Waals surface area contributed by atoms with Crippen LogP contribution < -0.4 is 0 Å². The van der Waals surface area contributed by atoms with E-state index in [1.165, 1.54) is 706 Å². The van der Waals surface area contributed by atoms with Crippen LogP contribution in [-0.4, -0.2) is 44.3 Å². The van der Waals surface area contributed by atoms with Gasteiger partial charge in [-0.15, -0.1) is 0 Å². The summed E-state index contributed by atoms with van der Waals surface area (Å²) in [6, 6.07) is 0. The van der Waals surface area contributed by atoms with Gasteiger partial charge in [0.1, 0.15) is 0 Å². The number of carboxylic acid groups (broad SMARTS) is 4. The van der Waals surface area contributed by atoms with Gasteiger partial charge >= 0.3 is 23.9 Å². The van der Waals surface area contributed by atoms with Crippen molar-refractivity contribution in [2.45, 2.75) is 837 Å². The Bertz CT molecular complexity index is 2490. The second-order valence-corrected chi connectivity index (χ2v) is 50.0. The van der Waals surface area contributed by atoms with Crippen LogP contribution in [0.15, 0.2) is 0 Å². The fourth-order valence-electron chi connectivity index (χ4n) is 28.0. The van der Waals surface area contributed by atoms with E-state index in [0.717, 1.165) is 77.0 Å². The van der Waals surface area contributed by atoms with Crippen molar-refractivity contribution in [2.75, 3.05) is 0 Å². The largest absolute Gasteiger partial charge is 0.481 e. The van der Waals surface area contributed by atoms with E-state index < -0.39 is 23.9 Å². The van der Waals surface area contributed by atoms with Crippen LogP contribution in [0.3, 0.4) is 0 Å². The van der Waals surface area contributed by atoms with Crippen LogP contribution in [0, 0.1) is 21.7 Å². The molecule has 1 rings (SSSR count). The third kappa shape index (κ3) is 87.0. The van der Waals surface area contributed by atoms with Gasteiger partial charge in [-0.2, -0.15) is 0 Å². The van der Waals surface area contributed by atoms with Crippen molar-refractivity contribution in [1.82, 2.24) is 0 Å². The molecular weight excluding hydrogens is 1790 g/mol. The zero-order chi connectivity index (χ0) is 105. The molecule has 8 heteroatoms. The minimum Gasteiger partial charge on any atom is -0.481 e. The highest BCUT2D eigenvalue weighted by Gasteiger charge is 2.66. The first-order chi connectivity index (χ1) is 71.9. The van der Waals surface area contributed by atoms with Gasteiger partial charge < -0.3 is 20.4 Å². The molecule has 0 aromatic heterocycles. The van der Waals surface area contributed by atoms with Crippen molar-refractivity contribution >= 4 is 23.9 Å². The molecule has 4 N–H and O–H groups in total. The van der Waals surface area contributed by atoms with Crippen LogP contribution in [0.4, 0.5) is 0 Å². The van der Waals surface area contributed by atoms with Gasteiger partial charge in [0.15, 0.2) is 0 Å². The minimum atomic E-state index is -0.647. The fourth-order valence-corrected chi connectivity index (χ4v) is 28.0. The lowest BCUT2D eigenvalue weighted by Gasteiger charge is -2.69. The predicted octanol–water partition coefficient (Wildman–Crippen LogP) is 49.5. The van der Waals surface area contributed by atoms with Gasteiger partial charge in [0, 0.05) is 25.7 Å². The summed E-state index contributed by atoms with van der Waals surface area (Å²) >= 11 is 0. The smallest absolute Gasteiger partial charge is 0.303 e. The molecule has 0 heterocycles. The molecule has 1 unspecified atom stereocenters. The van der Waals surface area contributed by atoms with Crippen molar-refractivity contribution in [1.29, 1.82) is 0 Å². The summed E-state index contributed by atoms with van der Waals surface area (Å²) in [7, 11) is 0. The first-order valence-corrected chi connectivity index (χ1v) is 68.7. The SMILES string of the molecule is CCCCCCCCCCCCCCCCCCCCCCCC1(CCCCCCCCCCCCCCCCCC)C(CCCCCCCCCCCCCCCCCC)(CCCCCCCCCCCCCCCCCC)CCCCCCCCCC(CCCCCCCCCCCC(=O)O)(CCCCCCCCCCCC(=O)O)C1(CCCCCCCCCCCC(=O)O)CCCCCCCCCCCC(=O)O. The molecule has 1 atom stereocenters. The quantitative estimate of drug-likeness (QED) is 0.0440. The van der Waals surface area contributed by atoms with E-state index in [1.54, 1.807) is 0 Å². The highest BCUT2D eigenvalue weighted by Crippen LogP contribution is 2.75. The van der Waals surface area contributed by atoms with E-state index in [-0.39, 0.29) is 21.7 Å². The topological polar surface area (TPSA) is 149 Å². The molecule has 0 amide bonds. The van der Waals surface area contributed by atoms with Crippen molar-refractivity contribution in [2.24, 2.45) is 21.7 Å². The van der Waals surface area contributed by atoms with E-state index in [1.807, 2.05) is 0 Å². The normalized spacial score (nSPS) is 15.1. The summed E-state index contributed by atoms with van der Waals surface area (Å²) < 4.78 is 0. The summed E-state index contributed by atoms with van der Waals surface area (Å²) in [5, 5.41) is 38.4. The molecule has 0 radical (unpaired) electrons. The van der Waals surface area contributed by atoms with Crippen LogP contribution in [0.5, 0.6) is 0 Å². The average molecular weight is 2060 g/mol. The zero-order valence-corrected chi connectivity index (χ0v) is 101. The summed E-state index contributed by atoms with van der Waals surface area (Å²) in [6.45, 7) is 9.38. The van der Waals surface area contributed by atoms with Crippen LogP contribution in [-0.2, 0) is 19.2 Å². The molecular formula is C138H268O8. The number of hydrogen-bond acceptors (Lipinski definition) is 4. The predicted molar refractivity (Wildman–Crippen MR) is 645 cm³/mol. The number of hydrogen-bond donors (Lipinski definition) is 4. The molecule has 0 aromatic rings. The van der Waals surface area contributed by atoms with Gasteiger partial charge in [-0.1, -0.05) is 721 Å². The first-order valence-electron chi connectivity index (χ1n) is 68.7. The van der Waals surface area contributed by atoms with E-state index in [9.17, 15) is 39.6 Å². The lowest BCUT2D eigenvalue weighted by Crippen LogP contribution is -2.61. The summed E-state index contributed by atoms with van der Waals surface area (Å²) in [4.78, 5) is 46.7. The Labute approximate surface area is 916 Å². The molecule has 0 spiro atoms. The van der Waals surface area contributed by atoms with Crippen LogP contribution in [0.1, 0.15) is 837 Å². The average Bonchev–Trinajstić information content (AvgIpc) is 0.714. The third-order valence-electron chi connectivity index (χ3n) is 37.0. The molecule has 0 bridgehead atoms. The Balaban J connectivity index is 4.85. The van der Waals surface area contributed by atoms with Gasteiger partial charge in [0.25, 0.3) is 0 Å². The van der Waals surface area contributed by atoms with E-state index >= 15 is 0 Å². The number of aliphatic carboxylic acids is 4. The molecule has 146 heavy (non-hydrogen) atoms. The molecule has 1 aliphatic carbocycles. The molecule has 0 aromatic carbocycles. The first kappa shape index (κ1) is 142. The number of carboxylic acids is 4. The fraction of sp³-hybridized carbons (Fsp3) is 0.971. The van der Waals surface area contributed by atoms with Gasteiger partial charge in [-0.25, -0.2) is 0 Å². The lowest BCUT2D eigenvalue weighted by atomic mass is 9.35. The maximum Gasteiger partial charge on any atom is 0.303 e. The van der Waals surface area contributed by atoms with Crippen molar-refractivity contribution < 1.29 is 39.6 Å². The Morgan fingerprint density at radius 3 is 0.342 bits per heavy atom. The van der Waals surface area contributed by atoms with E-state index in [2.05, 4.69) is 27.7 Å². The van der Waals surface area contributed by atoms with Gasteiger partial charge in [-0.3, -0.25) is 19.2 Å². The molecule has 1 saturated carbocycles. The Morgan fingerprint density at radius 1 is 0.130 bits per heavy atom. The van der Waals surface area contributed by atoms with Crippen molar-refractivity contribution in [3.8, 4) is 0 Å². The monoisotopic (exact) mass is 2050 g/mol. The summed E-state index contributed by atoms with van der Waals surface area (Å²) in [6.07, 6.45) is 168. The highest BCUT2D eigenvalue weighted by atomic mass is 16.4. The van der Waals surface area contributed by atoms with Gasteiger partial charge in [-0.05, 0) is 112 Å². The van der Waals surface area contributed by atoms with Crippen molar-refractivity contribution in [3.05, 3.63) is 0 Å². The molecule has 0 saturated heterocycles. The van der Waals surface area contributed by atoms with Gasteiger partial charge in [0.05, 0.1) is 0 Å². The minimum absolute atomic E-state index is 0.196. The maximum absolute atomic E-state index is 11.7. The Hall–Kier alpha value is -2.12. The standard InChI is InChI=1S/C138H268O8/c1-5-9-13-17-21-25-29-33-37-41-42-43-44-45-49-53-57-71-86-100-114-128-137(127-113-99-85-70-56-52-48-40-36-32-28-24-20-16-12-8-4)135(121-107-93-79-66-54-50-46-38-34-30-26-22-18-14-10-6-2,122-108-94-80-67-55-51-47-39-35-31-27-23-19-15-11-7-3)125-111-97-83-74-84-98-112-126-136(123-109-95-81-68-58-62-75-89-103-117-131(139)140,124-110-96-82-69-59-63-76-90-104-118-132(141)142)138(137,129-115-101-87-72-60-64-77-91-105-119-133(143)144)130-116-102-88-73-61-65-78-92-106-120-134(145)146/h5-130H2,1-4H3,(H,139,140)(H,141,142)(H,143,144)(H,145,146). The molecule has 0 aliphatic heterocycles. The van der Waals surface area contributed by atoms with Gasteiger partial charge in [0.2, 0.25) is 0 Å². The second kappa shape index (κ2) is 113. The lowest BCUT2D eigenvalue weighted by molar-refractivity contribution is -0.205. The third-order valence-corrected chi connectivity index (χ3v) is 37.0. The molecule has 8 nitrogen and oxygen atoms in total.